The van der Waals surface area contributed by atoms with Crippen LogP contribution in [0, 0.1) is 5.92 Å². The maximum absolute atomic E-state index is 14.4. The monoisotopic (exact) mass is 577 g/mol. The molecule has 3 aliphatic rings. The van der Waals surface area contributed by atoms with E-state index in [1.54, 1.807) is 16.4 Å². The van der Waals surface area contributed by atoms with Crippen LogP contribution in [0.4, 0.5) is 22.7 Å². The zero-order valence-corrected chi connectivity index (χ0v) is 24.3. The van der Waals surface area contributed by atoms with Gasteiger partial charge < -0.3 is 9.47 Å². The molecule has 208 valence electrons. The molecule has 5 nitrogen and oxygen atoms in total. The van der Waals surface area contributed by atoms with Crippen molar-refractivity contribution in [2.75, 3.05) is 9.21 Å². The van der Waals surface area contributed by atoms with E-state index in [0.717, 1.165) is 51.3 Å². The topological polar surface area (TPSA) is 45.5 Å². The van der Waals surface area contributed by atoms with E-state index in [2.05, 4.69) is 95.3 Å². The Morgan fingerprint density at radius 3 is 2.07 bits per heavy atom. The number of para-hydroxylation sites is 4. The van der Waals surface area contributed by atoms with Crippen molar-refractivity contribution in [1.82, 2.24) is 4.57 Å². The number of fused-ring (bicyclic) bond motifs is 7. The molecule has 0 saturated heterocycles. The Labute approximate surface area is 250 Å². The maximum atomic E-state index is 14.4. The minimum Gasteiger partial charge on any atom is -0.309 e. The van der Waals surface area contributed by atoms with E-state index < -0.39 is 10.0 Å². The number of aromatic nitrogens is 1. The van der Waals surface area contributed by atoms with Crippen molar-refractivity contribution in [3.63, 3.8) is 0 Å². The molecule has 5 aromatic carbocycles. The molecule has 1 atom stereocenters. The van der Waals surface area contributed by atoms with Gasteiger partial charge in [-0.05, 0) is 60.9 Å². The summed E-state index contributed by atoms with van der Waals surface area (Å²) in [5.74, 6) is 0.449. The second-order valence-electron chi connectivity index (χ2n) is 11.5. The van der Waals surface area contributed by atoms with Crippen LogP contribution in [0.1, 0.15) is 13.3 Å². The maximum Gasteiger partial charge on any atom is 0.269 e. The third kappa shape index (κ3) is 3.30. The summed E-state index contributed by atoms with van der Waals surface area (Å²) in [7, 11) is -3.87. The van der Waals surface area contributed by atoms with Crippen molar-refractivity contribution in [1.29, 1.82) is 0 Å². The number of allylic oxidation sites excluding steroid dienone is 3. The summed E-state index contributed by atoms with van der Waals surface area (Å²) < 4.78 is 32.7. The van der Waals surface area contributed by atoms with Crippen LogP contribution in [-0.4, -0.2) is 13.0 Å². The Kier molecular flexibility index (Phi) is 4.97. The van der Waals surface area contributed by atoms with E-state index in [-0.39, 0.29) is 0 Å². The lowest BCUT2D eigenvalue weighted by Crippen LogP contribution is -2.36. The van der Waals surface area contributed by atoms with Crippen LogP contribution in [0.15, 0.2) is 138 Å². The highest BCUT2D eigenvalue weighted by Gasteiger charge is 2.44. The van der Waals surface area contributed by atoms with Crippen LogP contribution < -0.4 is 9.21 Å². The molecular weight excluding hydrogens is 550 g/mol. The van der Waals surface area contributed by atoms with Gasteiger partial charge in [-0.15, -0.1) is 0 Å². The molecule has 0 N–H and O–H groups in total. The molecule has 0 bridgehead atoms. The summed E-state index contributed by atoms with van der Waals surface area (Å²) >= 11 is 0. The first-order valence-corrected chi connectivity index (χ1v) is 16.1. The quantitative estimate of drug-likeness (QED) is 0.206. The predicted molar refractivity (Wildman–Crippen MR) is 175 cm³/mol. The van der Waals surface area contributed by atoms with E-state index in [1.165, 1.54) is 10.8 Å². The normalized spacial score (nSPS) is 17.9. The lowest BCUT2D eigenvalue weighted by molar-refractivity contribution is 0.595. The average Bonchev–Trinajstić information content (AvgIpc) is 3.38. The van der Waals surface area contributed by atoms with E-state index in [4.69, 9.17) is 0 Å². The first kappa shape index (κ1) is 24.5. The van der Waals surface area contributed by atoms with Crippen molar-refractivity contribution in [2.24, 2.45) is 5.92 Å². The van der Waals surface area contributed by atoms with E-state index >= 15 is 0 Å². The van der Waals surface area contributed by atoms with Gasteiger partial charge in [-0.25, -0.2) is 12.7 Å². The minimum absolute atomic E-state index is 0.321. The standard InChI is InChI=1S/C37H27N3O2S/c1-24-18-20-25(21-19-24)38-33-15-7-8-16-34(33)40-37-30(29-12-4-9-17-36(29)43(40,41)42)22-26(23-35(37)38)39-31-13-5-2-10-27(31)28-11-3-6-14-32(28)39/h2-18,20-24H,19H2,1H3. The second kappa shape index (κ2) is 8.72. The minimum atomic E-state index is -3.87. The number of hydrogen-bond donors (Lipinski definition) is 0. The zero-order chi connectivity index (χ0) is 28.9. The third-order valence-corrected chi connectivity index (χ3v) is 10.7. The van der Waals surface area contributed by atoms with Gasteiger partial charge in [0.2, 0.25) is 0 Å². The van der Waals surface area contributed by atoms with E-state index in [1.807, 2.05) is 36.4 Å². The van der Waals surface area contributed by atoms with Gasteiger partial charge in [0.15, 0.2) is 0 Å². The highest BCUT2D eigenvalue weighted by atomic mass is 32.2. The fourth-order valence-electron chi connectivity index (χ4n) is 7.02. The van der Waals surface area contributed by atoms with Crippen LogP contribution in [-0.2, 0) is 10.0 Å². The zero-order valence-electron chi connectivity index (χ0n) is 23.5. The summed E-state index contributed by atoms with van der Waals surface area (Å²) in [5.41, 5.74) is 8.90. The molecule has 0 fully saturated rings. The van der Waals surface area contributed by atoms with Gasteiger partial charge in [-0.1, -0.05) is 85.8 Å². The molecule has 0 amide bonds. The average molecular weight is 578 g/mol. The molecule has 1 unspecified atom stereocenters. The van der Waals surface area contributed by atoms with Crippen LogP contribution in [0.3, 0.4) is 0 Å². The summed E-state index contributed by atoms with van der Waals surface area (Å²) in [5, 5.41) is 2.37. The van der Waals surface area contributed by atoms with Gasteiger partial charge in [0, 0.05) is 33.3 Å². The molecule has 3 heterocycles. The Morgan fingerprint density at radius 2 is 1.35 bits per heavy atom. The number of anilines is 4. The Hall–Kier alpha value is -5.07. The lowest BCUT2D eigenvalue weighted by Gasteiger charge is -2.43. The smallest absolute Gasteiger partial charge is 0.269 e. The molecule has 0 radical (unpaired) electrons. The van der Waals surface area contributed by atoms with Gasteiger partial charge in [-0.2, -0.15) is 0 Å². The number of benzene rings is 5. The summed E-state index contributed by atoms with van der Waals surface area (Å²) in [6.07, 6.45) is 7.59. The van der Waals surface area contributed by atoms with E-state index in [0.29, 0.717) is 22.2 Å². The Morgan fingerprint density at radius 1 is 0.698 bits per heavy atom. The van der Waals surface area contributed by atoms with Crippen LogP contribution >= 0.6 is 0 Å². The molecule has 0 spiro atoms. The molecular formula is C37H27N3O2S. The van der Waals surface area contributed by atoms with Crippen LogP contribution in [0.5, 0.6) is 0 Å². The third-order valence-electron chi connectivity index (χ3n) is 8.95. The van der Waals surface area contributed by atoms with Gasteiger partial charge in [0.05, 0.1) is 38.7 Å². The first-order valence-electron chi connectivity index (χ1n) is 14.6. The van der Waals surface area contributed by atoms with Crippen LogP contribution in [0.2, 0.25) is 0 Å². The van der Waals surface area contributed by atoms with Gasteiger partial charge in [0.25, 0.3) is 10.0 Å². The highest BCUT2D eigenvalue weighted by Crippen LogP contribution is 2.59. The van der Waals surface area contributed by atoms with Gasteiger partial charge in [-0.3, -0.25) is 0 Å². The van der Waals surface area contributed by atoms with Gasteiger partial charge >= 0.3 is 0 Å². The largest absolute Gasteiger partial charge is 0.309 e. The van der Waals surface area contributed by atoms with Crippen molar-refractivity contribution < 1.29 is 8.42 Å². The fourth-order valence-corrected chi connectivity index (χ4v) is 8.77. The van der Waals surface area contributed by atoms with Crippen molar-refractivity contribution >= 4 is 54.6 Å². The number of nitrogens with zero attached hydrogens (tertiary/aromatic N) is 3. The number of rotatable bonds is 2. The predicted octanol–water partition coefficient (Wildman–Crippen LogP) is 9.22. The molecule has 2 aliphatic heterocycles. The highest BCUT2D eigenvalue weighted by molar-refractivity contribution is 7.93. The van der Waals surface area contributed by atoms with Crippen molar-refractivity contribution in [3.8, 4) is 16.8 Å². The molecule has 43 heavy (non-hydrogen) atoms. The molecule has 1 aliphatic carbocycles. The first-order chi connectivity index (χ1) is 21.0. The van der Waals surface area contributed by atoms with Crippen molar-refractivity contribution in [3.05, 3.63) is 133 Å². The SMILES string of the molecule is CC1C=CC(N2c3ccccc3N3c4c(cc(-n5c6ccccc6c6ccccc65)cc42)-c2ccccc2S3(=O)=O)=CC1. The van der Waals surface area contributed by atoms with Gasteiger partial charge in [0.1, 0.15) is 0 Å². The molecule has 9 rings (SSSR count). The summed E-state index contributed by atoms with van der Waals surface area (Å²) in [6, 6.07) is 36.5. The number of sulfonamides is 1. The molecule has 6 heteroatoms. The Bertz CT molecular complexity index is 2280. The van der Waals surface area contributed by atoms with Crippen LogP contribution in [0.25, 0.3) is 38.6 Å². The number of hydrogen-bond acceptors (Lipinski definition) is 3. The molecule has 6 aromatic rings. The lowest BCUT2D eigenvalue weighted by atomic mass is 9.95. The second-order valence-corrected chi connectivity index (χ2v) is 13.3. The Balaban J connectivity index is 1.44. The fraction of sp³-hybridized carbons (Fsp3) is 0.0811. The molecule has 0 saturated carbocycles. The van der Waals surface area contributed by atoms with E-state index in [9.17, 15) is 8.42 Å². The molecule has 1 aromatic heterocycles. The van der Waals surface area contributed by atoms with Crippen molar-refractivity contribution in [2.45, 2.75) is 18.2 Å². The summed E-state index contributed by atoms with van der Waals surface area (Å²) in [4.78, 5) is 2.56. The summed E-state index contributed by atoms with van der Waals surface area (Å²) in [6.45, 7) is 2.21.